The highest BCUT2D eigenvalue weighted by Crippen LogP contribution is 2.27. The summed E-state index contributed by atoms with van der Waals surface area (Å²) in [5.41, 5.74) is 6.75. The molecule has 2 rings (SSSR count). The van der Waals surface area contributed by atoms with E-state index in [-0.39, 0.29) is 12.5 Å². The highest BCUT2D eigenvalue weighted by atomic mass is 32.2. The lowest BCUT2D eigenvalue weighted by atomic mass is 10.2. The largest absolute Gasteiger partial charge is 0.493 e. The van der Waals surface area contributed by atoms with Crippen molar-refractivity contribution in [1.29, 1.82) is 0 Å². The van der Waals surface area contributed by atoms with Gasteiger partial charge in [-0.1, -0.05) is 6.07 Å². The van der Waals surface area contributed by atoms with Crippen molar-refractivity contribution in [1.82, 2.24) is 10.0 Å². The van der Waals surface area contributed by atoms with Crippen molar-refractivity contribution < 1.29 is 17.9 Å². The lowest BCUT2D eigenvalue weighted by molar-refractivity contribution is 0.354. The minimum atomic E-state index is -3.52. The summed E-state index contributed by atoms with van der Waals surface area (Å²) in [5.74, 6) is 1.50. The van der Waals surface area contributed by atoms with Crippen molar-refractivity contribution >= 4 is 27.3 Å². The van der Waals surface area contributed by atoms with E-state index in [0.29, 0.717) is 29.5 Å². The van der Waals surface area contributed by atoms with E-state index >= 15 is 0 Å². The van der Waals surface area contributed by atoms with Crippen LogP contribution in [0.15, 0.2) is 34.2 Å². The van der Waals surface area contributed by atoms with E-state index in [1.54, 1.807) is 33.3 Å². The Hall–Kier alpha value is -2.30. The van der Waals surface area contributed by atoms with Crippen molar-refractivity contribution in [3.63, 3.8) is 0 Å². The zero-order valence-electron chi connectivity index (χ0n) is 16.4. The first-order valence-electron chi connectivity index (χ1n) is 8.58. The van der Waals surface area contributed by atoms with Crippen LogP contribution in [-0.2, 0) is 16.6 Å². The van der Waals surface area contributed by atoms with Crippen LogP contribution in [0.2, 0.25) is 0 Å². The number of nitrogens with two attached hydrogens (primary N) is 1. The third-order valence-electron chi connectivity index (χ3n) is 3.89. The van der Waals surface area contributed by atoms with Crippen LogP contribution < -0.4 is 25.2 Å². The van der Waals surface area contributed by atoms with Crippen LogP contribution in [0, 0.1) is 13.8 Å². The van der Waals surface area contributed by atoms with Gasteiger partial charge in [-0.2, -0.15) is 0 Å². The lowest BCUT2D eigenvalue weighted by Gasteiger charge is -2.10. The number of sulfonamides is 1. The first-order chi connectivity index (χ1) is 13.3. The van der Waals surface area contributed by atoms with Gasteiger partial charge >= 0.3 is 0 Å². The molecular weight excluding hydrogens is 400 g/mol. The smallest absolute Gasteiger partial charge is 0.241 e. The zero-order chi connectivity index (χ0) is 20.7. The van der Waals surface area contributed by atoms with E-state index in [1.807, 2.05) is 19.1 Å². The molecule has 28 heavy (non-hydrogen) atoms. The monoisotopic (exact) mass is 426 g/mol. The summed E-state index contributed by atoms with van der Waals surface area (Å²) in [6.45, 7) is 4.56. The SMILES string of the molecule is COc1ccc(CN=C(N)NCCNS(=O)(=O)c2cc(C)sc2C)cc1OC. The van der Waals surface area contributed by atoms with E-state index in [9.17, 15) is 8.42 Å². The van der Waals surface area contributed by atoms with E-state index < -0.39 is 10.0 Å². The van der Waals surface area contributed by atoms with Crippen LogP contribution in [0.1, 0.15) is 15.3 Å². The number of nitrogens with one attached hydrogen (secondary N) is 2. The first-order valence-corrected chi connectivity index (χ1v) is 10.9. The van der Waals surface area contributed by atoms with Crippen LogP contribution in [0.3, 0.4) is 0 Å². The molecule has 0 saturated carbocycles. The number of benzene rings is 1. The maximum atomic E-state index is 12.3. The number of hydrogen-bond donors (Lipinski definition) is 3. The van der Waals surface area contributed by atoms with Gasteiger partial charge in [0, 0.05) is 22.8 Å². The Labute approximate surface area is 169 Å². The Morgan fingerprint density at radius 2 is 1.86 bits per heavy atom. The van der Waals surface area contributed by atoms with Crippen LogP contribution in [-0.4, -0.2) is 41.7 Å². The molecule has 0 spiro atoms. The van der Waals surface area contributed by atoms with Gasteiger partial charge in [0.25, 0.3) is 0 Å². The molecule has 1 aromatic heterocycles. The maximum absolute atomic E-state index is 12.3. The summed E-state index contributed by atoms with van der Waals surface area (Å²) in [6.07, 6.45) is 0. The quantitative estimate of drug-likeness (QED) is 0.320. The Morgan fingerprint density at radius 1 is 1.14 bits per heavy atom. The molecule has 0 radical (unpaired) electrons. The number of thiophene rings is 1. The van der Waals surface area contributed by atoms with Crippen molar-refractivity contribution in [3.05, 3.63) is 39.6 Å². The Morgan fingerprint density at radius 3 is 2.46 bits per heavy atom. The van der Waals surface area contributed by atoms with Gasteiger partial charge in [0.05, 0.1) is 25.7 Å². The fourth-order valence-corrected chi connectivity index (χ4v) is 5.12. The van der Waals surface area contributed by atoms with Crippen molar-refractivity contribution in [2.24, 2.45) is 10.7 Å². The number of nitrogens with zero attached hydrogens (tertiary/aromatic N) is 1. The molecule has 154 valence electrons. The lowest BCUT2D eigenvalue weighted by Crippen LogP contribution is -2.38. The van der Waals surface area contributed by atoms with Gasteiger partial charge in [-0.15, -0.1) is 11.3 Å². The predicted molar refractivity (Wildman–Crippen MR) is 112 cm³/mol. The molecule has 0 fully saturated rings. The highest BCUT2D eigenvalue weighted by molar-refractivity contribution is 7.89. The number of aryl methyl sites for hydroxylation is 2. The van der Waals surface area contributed by atoms with Crippen LogP contribution in [0.5, 0.6) is 11.5 Å². The van der Waals surface area contributed by atoms with Gasteiger partial charge < -0.3 is 20.5 Å². The molecule has 0 unspecified atom stereocenters. The second-order valence-corrected chi connectivity index (χ2v) is 9.19. The summed E-state index contributed by atoms with van der Waals surface area (Å²) >= 11 is 1.46. The summed E-state index contributed by atoms with van der Waals surface area (Å²) in [5, 5.41) is 2.90. The van der Waals surface area contributed by atoms with Gasteiger partial charge in [-0.05, 0) is 37.6 Å². The maximum Gasteiger partial charge on any atom is 0.241 e. The van der Waals surface area contributed by atoms with Gasteiger partial charge in [0.15, 0.2) is 17.5 Å². The summed E-state index contributed by atoms with van der Waals surface area (Å²) in [6, 6.07) is 7.18. The summed E-state index contributed by atoms with van der Waals surface area (Å²) < 4.78 is 37.7. The molecular formula is C18H26N4O4S2. The van der Waals surface area contributed by atoms with E-state index in [4.69, 9.17) is 15.2 Å². The molecule has 0 aliphatic rings. The Kier molecular flexibility index (Phi) is 7.67. The second-order valence-electron chi connectivity index (χ2n) is 5.99. The standard InChI is InChI=1S/C18H26N4O4S2/c1-12-9-17(13(2)27-12)28(23,24)22-8-7-20-18(19)21-11-14-5-6-15(25-3)16(10-14)26-4/h5-6,9-10,22H,7-8,11H2,1-4H3,(H3,19,20,21). The number of aliphatic imine (C=N–C) groups is 1. The van der Waals surface area contributed by atoms with E-state index in [0.717, 1.165) is 15.3 Å². The fourth-order valence-electron chi connectivity index (χ4n) is 2.54. The molecule has 8 nitrogen and oxygen atoms in total. The van der Waals surface area contributed by atoms with Crippen LogP contribution in [0.25, 0.3) is 0 Å². The fraction of sp³-hybridized carbons (Fsp3) is 0.389. The first kappa shape index (κ1) is 22.0. The number of ether oxygens (including phenoxy) is 2. The molecule has 0 aliphatic carbocycles. The molecule has 0 aliphatic heterocycles. The van der Waals surface area contributed by atoms with Gasteiger partial charge in [-0.3, -0.25) is 0 Å². The summed E-state index contributed by atoms with van der Waals surface area (Å²) in [7, 11) is -0.377. The topological polar surface area (TPSA) is 115 Å². The minimum Gasteiger partial charge on any atom is -0.493 e. The van der Waals surface area contributed by atoms with E-state index in [1.165, 1.54) is 11.3 Å². The third kappa shape index (κ3) is 5.85. The van der Waals surface area contributed by atoms with Gasteiger partial charge in [-0.25, -0.2) is 18.1 Å². The zero-order valence-corrected chi connectivity index (χ0v) is 18.0. The average Bonchev–Trinajstić information content (AvgIpc) is 3.02. The number of methoxy groups -OCH3 is 2. The third-order valence-corrected chi connectivity index (χ3v) is 6.57. The number of hydrogen-bond acceptors (Lipinski definition) is 6. The second kappa shape index (κ2) is 9.76. The van der Waals surface area contributed by atoms with Crippen molar-refractivity contribution in [2.45, 2.75) is 25.3 Å². The molecule has 0 atom stereocenters. The molecule has 0 amide bonds. The predicted octanol–water partition coefficient (Wildman–Crippen LogP) is 1.76. The normalized spacial score (nSPS) is 12.1. The number of rotatable bonds is 9. The minimum absolute atomic E-state index is 0.198. The van der Waals surface area contributed by atoms with Crippen molar-refractivity contribution in [2.75, 3.05) is 27.3 Å². The molecule has 4 N–H and O–H groups in total. The van der Waals surface area contributed by atoms with Gasteiger partial charge in [0.2, 0.25) is 10.0 Å². The Balaban J connectivity index is 1.84. The molecule has 1 aromatic carbocycles. The van der Waals surface area contributed by atoms with Crippen molar-refractivity contribution in [3.8, 4) is 11.5 Å². The van der Waals surface area contributed by atoms with Crippen LogP contribution >= 0.6 is 11.3 Å². The molecule has 10 heteroatoms. The summed E-state index contributed by atoms with van der Waals surface area (Å²) in [4.78, 5) is 6.30. The molecule has 0 bridgehead atoms. The molecule has 1 heterocycles. The molecule has 0 saturated heterocycles. The van der Waals surface area contributed by atoms with E-state index in [2.05, 4.69) is 15.0 Å². The molecule has 2 aromatic rings. The Bertz CT molecular complexity index is 939. The highest BCUT2D eigenvalue weighted by Gasteiger charge is 2.18. The number of guanidine groups is 1. The average molecular weight is 427 g/mol. The van der Waals surface area contributed by atoms with Gasteiger partial charge in [0.1, 0.15) is 0 Å². The van der Waals surface area contributed by atoms with Crippen LogP contribution in [0.4, 0.5) is 0 Å².